The van der Waals surface area contributed by atoms with Gasteiger partial charge < -0.3 is 14.8 Å². The van der Waals surface area contributed by atoms with Crippen LogP contribution in [0.4, 0.5) is 5.69 Å². The number of para-hydroxylation sites is 1. The van der Waals surface area contributed by atoms with Gasteiger partial charge >= 0.3 is 0 Å². The van der Waals surface area contributed by atoms with Crippen LogP contribution in [-0.2, 0) is 0 Å². The highest BCUT2D eigenvalue weighted by molar-refractivity contribution is 5.55. The van der Waals surface area contributed by atoms with E-state index in [2.05, 4.69) is 20.8 Å². The lowest BCUT2D eigenvalue weighted by Gasteiger charge is -2.16. The molecule has 25 heavy (non-hydrogen) atoms. The molecule has 2 aromatic carbocycles. The van der Waals surface area contributed by atoms with Crippen molar-refractivity contribution in [2.24, 2.45) is 0 Å². The highest BCUT2D eigenvalue weighted by Crippen LogP contribution is 2.33. The zero-order chi connectivity index (χ0) is 17.1. The van der Waals surface area contributed by atoms with Gasteiger partial charge in [-0.2, -0.15) is 4.68 Å². The van der Waals surface area contributed by atoms with Crippen molar-refractivity contribution in [3.63, 3.8) is 0 Å². The van der Waals surface area contributed by atoms with E-state index < -0.39 is 0 Å². The van der Waals surface area contributed by atoms with Gasteiger partial charge in [-0.05, 0) is 41.6 Å². The number of hydrogen-bond donors (Lipinski definition) is 1. The second-order valence-electron chi connectivity index (χ2n) is 5.86. The van der Waals surface area contributed by atoms with Gasteiger partial charge in [-0.3, -0.25) is 0 Å². The predicted molar refractivity (Wildman–Crippen MR) is 93.2 cm³/mol. The Labute approximate surface area is 145 Å². The first kappa shape index (κ1) is 15.4. The van der Waals surface area contributed by atoms with Crippen molar-refractivity contribution < 1.29 is 9.47 Å². The van der Waals surface area contributed by atoms with Crippen molar-refractivity contribution in [3.05, 3.63) is 54.4 Å². The number of anilines is 1. The van der Waals surface area contributed by atoms with Gasteiger partial charge in [0.1, 0.15) is 0 Å². The lowest BCUT2D eigenvalue weighted by atomic mass is 10.2. The van der Waals surface area contributed by atoms with Gasteiger partial charge in [-0.25, -0.2) is 0 Å². The maximum absolute atomic E-state index is 5.74. The molecule has 1 aliphatic heterocycles. The number of hydrogen-bond acceptors (Lipinski definition) is 6. The van der Waals surface area contributed by atoms with Gasteiger partial charge in [0.25, 0.3) is 0 Å². The fraction of sp³-hybridized carbons (Fsp3) is 0.278. The Morgan fingerprint density at radius 3 is 2.68 bits per heavy atom. The quantitative estimate of drug-likeness (QED) is 0.789. The minimum Gasteiger partial charge on any atom is -0.490 e. The summed E-state index contributed by atoms with van der Waals surface area (Å²) >= 11 is 0. The monoisotopic (exact) mass is 337 g/mol. The number of fused-ring (bicyclic) bond motifs is 1. The topological polar surface area (TPSA) is 74.1 Å². The third-order valence-corrected chi connectivity index (χ3v) is 4.01. The normalized spacial score (nSPS) is 14.6. The number of ether oxygens (including phenoxy) is 2. The van der Waals surface area contributed by atoms with E-state index in [0.29, 0.717) is 13.2 Å². The van der Waals surface area contributed by atoms with Gasteiger partial charge in [0.2, 0.25) is 0 Å². The Morgan fingerprint density at radius 2 is 1.84 bits per heavy atom. The molecule has 0 spiro atoms. The van der Waals surface area contributed by atoms with Gasteiger partial charge in [-0.15, -0.1) is 5.10 Å². The molecule has 0 fully saturated rings. The number of tetrazole rings is 1. The Balaban J connectivity index is 1.56. The van der Waals surface area contributed by atoms with E-state index in [1.54, 1.807) is 4.68 Å². The summed E-state index contributed by atoms with van der Waals surface area (Å²) in [5.41, 5.74) is 1.86. The molecule has 1 aliphatic rings. The first-order chi connectivity index (χ1) is 12.3. The average Bonchev–Trinajstić information content (AvgIpc) is 3.02. The molecule has 0 bridgehead atoms. The van der Waals surface area contributed by atoms with E-state index >= 15 is 0 Å². The molecule has 1 unspecified atom stereocenters. The summed E-state index contributed by atoms with van der Waals surface area (Å²) in [4.78, 5) is 0. The van der Waals surface area contributed by atoms with Crippen molar-refractivity contribution in [2.75, 3.05) is 18.5 Å². The predicted octanol–water partition coefficient (Wildman–Crippen LogP) is 3.00. The Morgan fingerprint density at radius 1 is 1.04 bits per heavy atom. The smallest absolute Gasteiger partial charge is 0.178 e. The second-order valence-corrected chi connectivity index (χ2v) is 5.86. The molecular weight excluding hydrogens is 318 g/mol. The third kappa shape index (κ3) is 3.26. The number of aromatic nitrogens is 4. The van der Waals surface area contributed by atoms with Crippen molar-refractivity contribution in [3.8, 4) is 17.2 Å². The van der Waals surface area contributed by atoms with Crippen LogP contribution in [0.2, 0.25) is 0 Å². The van der Waals surface area contributed by atoms with Crippen LogP contribution >= 0.6 is 0 Å². The molecule has 0 saturated heterocycles. The fourth-order valence-corrected chi connectivity index (χ4v) is 2.78. The minimum absolute atomic E-state index is 0.0834. The number of nitrogens with zero attached hydrogens (tertiary/aromatic N) is 4. The molecule has 0 saturated carbocycles. The number of benzene rings is 2. The molecule has 0 aliphatic carbocycles. The Hall–Kier alpha value is -3.09. The summed E-state index contributed by atoms with van der Waals surface area (Å²) < 4.78 is 13.1. The first-order valence-corrected chi connectivity index (χ1v) is 8.31. The van der Waals surface area contributed by atoms with Crippen LogP contribution in [0.15, 0.2) is 48.5 Å². The van der Waals surface area contributed by atoms with Crippen LogP contribution in [0.5, 0.6) is 11.5 Å². The molecule has 0 amide bonds. The van der Waals surface area contributed by atoms with Crippen LogP contribution in [0.25, 0.3) is 5.69 Å². The molecule has 2 heterocycles. The average molecular weight is 337 g/mol. The van der Waals surface area contributed by atoms with Crippen molar-refractivity contribution in [1.29, 1.82) is 0 Å². The summed E-state index contributed by atoms with van der Waals surface area (Å²) in [5, 5.41) is 15.5. The molecule has 0 radical (unpaired) electrons. The summed E-state index contributed by atoms with van der Waals surface area (Å²) in [6.07, 6.45) is 0.889. The first-order valence-electron chi connectivity index (χ1n) is 8.31. The van der Waals surface area contributed by atoms with Crippen molar-refractivity contribution in [2.45, 2.75) is 19.4 Å². The molecule has 1 aromatic heterocycles. The Bertz CT molecular complexity index is 850. The van der Waals surface area contributed by atoms with Gasteiger partial charge in [0.05, 0.1) is 24.9 Å². The van der Waals surface area contributed by atoms with E-state index in [9.17, 15) is 0 Å². The third-order valence-electron chi connectivity index (χ3n) is 4.01. The van der Waals surface area contributed by atoms with Crippen LogP contribution in [-0.4, -0.2) is 33.4 Å². The van der Waals surface area contributed by atoms with Gasteiger partial charge in [-0.1, -0.05) is 18.2 Å². The zero-order valence-electron chi connectivity index (χ0n) is 13.9. The van der Waals surface area contributed by atoms with E-state index in [4.69, 9.17) is 9.47 Å². The van der Waals surface area contributed by atoms with Crippen molar-refractivity contribution >= 4 is 5.69 Å². The lowest BCUT2D eigenvalue weighted by molar-refractivity contribution is 0.297. The Kier molecular flexibility index (Phi) is 4.20. The molecule has 1 atom stereocenters. The molecule has 1 N–H and O–H groups in total. The summed E-state index contributed by atoms with van der Waals surface area (Å²) in [6, 6.07) is 15.6. The molecule has 4 rings (SSSR count). The van der Waals surface area contributed by atoms with E-state index in [0.717, 1.165) is 35.1 Å². The van der Waals surface area contributed by atoms with Gasteiger partial charge in [0, 0.05) is 18.2 Å². The zero-order valence-corrected chi connectivity index (χ0v) is 13.9. The summed E-state index contributed by atoms with van der Waals surface area (Å²) in [7, 11) is 0. The van der Waals surface area contributed by atoms with E-state index in [1.165, 1.54) is 0 Å². The summed E-state index contributed by atoms with van der Waals surface area (Å²) in [5.74, 6) is 2.28. The highest BCUT2D eigenvalue weighted by atomic mass is 16.5. The lowest BCUT2D eigenvalue weighted by Crippen LogP contribution is -2.13. The van der Waals surface area contributed by atoms with E-state index in [-0.39, 0.29) is 6.04 Å². The SMILES string of the molecule is CC(Nc1ccc2c(c1)OCCCO2)c1nnnn1-c1ccccc1. The number of nitrogens with one attached hydrogen (secondary N) is 1. The van der Waals surface area contributed by atoms with E-state index in [1.807, 2.05) is 55.5 Å². The molecular formula is C18H19N5O2. The van der Waals surface area contributed by atoms with Crippen LogP contribution in [0.1, 0.15) is 25.2 Å². The second kappa shape index (κ2) is 6.80. The van der Waals surface area contributed by atoms with Crippen molar-refractivity contribution in [1.82, 2.24) is 20.2 Å². The van der Waals surface area contributed by atoms with Crippen LogP contribution in [0, 0.1) is 0 Å². The van der Waals surface area contributed by atoms with Crippen LogP contribution in [0.3, 0.4) is 0 Å². The highest BCUT2D eigenvalue weighted by Gasteiger charge is 2.17. The molecule has 7 nitrogen and oxygen atoms in total. The molecule has 128 valence electrons. The largest absolute Gasteiger partial charge is 0.490 e. The maximum Gasteiger partial charge on any atom is 0.178 e. The molecule has 3 aromatic rings. The number of rotatable bonds is 4. The maximum atomic E-state index is 5.74. The van der Waals surface area contributed by atoms with Gasteiger partial charge in [0.15, 0.2) is 17.3 Å². The van der Waals surface area contributed by atoms with Crippen LogP contribution < -0.4 is 14.8 Å². The minimum atomic E-state index is -0.0834. The summed E-state index contributed by atoms with van der Waals surface area (Å²) in [6.45, 7) is 3.37. The fourth-order valence-electron chi connectivity index (χ4n) is 2.78. The molecule has 7 heteroatoms. The standard InChI is InChI=1S/C18H19N5O2/c1-13(18-20-21-22-23(18)15-6-3-2-4-7-15)19-14-8-9-16-17(12-14)25-11-5-10-24-16/h2-4,6-9,12-13,19H,5,10-11H2,1H3.